The lowest BCUT2D eigenvalue weighted by Crippen LogP contribution is -2.43. The summed E-state index contributed by atoms with van der Waals surface area (Å²) >= 11 is 0. The molecule has 0 spiro atoms. The van der Waals surface area contributed by atoms with Gasteiger partial charge in [-0.3, -0.25) is 0 Å². The highest BCUT2D eigenvalue weighted by molar-refractivity contribution is 5.86. The second-order valence-electron chi connectivity index (χ2n) is 5.33. The summed E-state index contributed by atoms with van der Waals surface area (Å²) in [7, 11) is 0. The lowest BCUT2D eigenvalue weighted by atomic mass is 10.3. The number of hydrogen-bond acceptors (Lipinski definition) is 5. The van der Waals surface area contributed by atoms with Crippen LogP contribution in [0, 0.1) is 0 Å². The Bertz CT molecular complexity index is 357. The molecule has 0 amide bonds. The summed E-state index contributed by atoms with van der Waals surface area (Å²) in [6.45, 7) is 17.4. The van der Waals surface area contributed by atoms with E-state index < -0.39 is 23.8 Å². The molecule has 0 aromatic rings. The lowest BCUT2D eigenvalue weighted by molar-refractivity contribution is -0.353. The van der Waals surface area contributed by atoms with Gasteiger partial charge < -0.3 is 18.9 Å². The van der Waals surface area contributed by atoms with Crippen LogP contribution in [0.4, 0.5) is 0 Å². The molecule has 0 fully saturated rings. The van der Waals surface area contributed by atoms with Gasteiger partial charge in [-0.15, -0.1) is 0 Å². The Morgan fingerprint density at radius 1 is 1.25 bits per heavy atom. The van der Waals surface area contributed by atoms with Gasteiger partial charge in [0, 0.05) is 25.8 Å². The van der Waals surface area contributed by atoms with Crippen LogP contribution in [0.15, 0.2) is 25.0 Å². The molecule has 0 rings (SSSR count). The van der Waals surface area contributed by atoms with E-state index in [1.165, 1.54) is 6.26 Å². The maximum atomic E-state index is 11.5. The van der Waals surface area contributed by atoms with Gasteiger partial charge >= 0.3 is 5.97 Å². The Morgan fingerprint density at radius 3 is 2.20 bits per heavy atom. The van der Waals surface area contributed by atoms with Crippen LogP contribution in [0.5, 0.6) is 0 Å². The summed E-state index contributed by atoms with van der Waals surface area (Å²) in [5, 5.41) is 0. The number of carbonyl (C=O) groups excluding carboxylic acids is 1. The minimum absolute atomic E-state index is 0.320. The topological polar surface area (TPSA) is 54.0 Å². The summed E-state index contributed by atoms with van der Waals surface area (Å²) in [4.78, 5) is 11.5. The molecule has 0 N–H and O–H groups in total. The number of rotatable bonds is 9. The lowest BCUT2D eigenvalue weighted by Gasteiger charge is -2.36. The second kappa shape index (κ2) is 7.45. The van der Waals surface area contributed by atoms with Crippen LogP contribution >= 0.6 is 0 Å². The largest absolute Gasteiger partial charge is 0.471 e. The van der Waals surface area contributed by atoms with Crippen molar-refractivity contribution in [2.75, 3.05) is 0 Å². The van der Waals surface area contributed by atoms with Gasteiger partial charge in [-0.1, -0.05) is 20.1 Å². The smallest absolute Gasteiger partial charge is 0.335 e. The van der Waals surface area contributed by atoms with E-state index in [4.69, 9.17) is 18.9 Å². The summed E-state index contributed by atoms with van der Waals surface area (Å²) in [5.74, 6) is -2.39. The van der Waals surface area contributed by atoms with Crippen molar-refractivity contribution < 1.29 is 23.7 Å². The van der Waals surface area contributed by atoms with Crippen molar-refractivity contribution in [3.05, 3.63) is 25.0 Å². The maximum Gasteiger partial charge on any atom is 0.335 e. The first-order chi connectivity index (χ1) is 9.03. The molecule has 1 atom stereocenters. The number of esters is 1. The highest BCUT2D eigenvalue weighted by Crippen LogP contribution is 2.25. The summed E-state index contributed by atoms with van der Waals surface area (Å²) in [6.07, 6.45) is 1.08. The Morgan fingerprint density at radius 2 is 1.80 bits per heavy atom. The molecule has 0 radical (unpaired) electrons. The molecular weight excluding hydrogens is 260 g/mol. The molecule has 5 heteroatoms. The van der Waals surface area contributed by atoms with Crippen molar-refractivity contribution in [2.45, 2.75) is 65.8 Å². The Kier molecular flexibility index (Phi) is 6.96. The third kappa shape index (κ3) is 7.31. The first-order valence-electron chi connectivity index (χ1n) is 6.56. The third-order valence-corrected chi connectivity index (χ3v) is 2.19. The van der Waals surface area contributed by atoms with Gasteiger partial charge in [0.05, 0.1) is 6.26 Å². The minimum Gasteiger partial charge on any atom is -0.471 e. The Balaban J connectivity index is 4.65. The van der Waals surface area contributed by atoms with E-state index in [-0.39, 0.29) is 0 Å². The van der Waals surface area contributed by atoms with Crippen LogP contribution in [-0.4, -0.2) is 23.8 Å². The first-order valence-corrected chi connectivity index (χ1v) is 6.56. The molecule has 0 saturated carbocycles. The summed E-state index contributed by atoms with van der Waals surface area (Å²) < 4.78 is 21.8. The zero-order valence-corrected chi connectivity index (χ0v) is 13.3. The average molecular weight is 286 g/mol. The van der Waals surface area contributed by atoms with Gasteiger partial charge in [0.15, 0.2) is 5.79 Å². The van der Waals surface area contributed by atoms with E-state index in [0.717, 1.165) is 0 Å². The minimum atomic E-state index is -0.997. The predicted molar refractivity (Wildman–Crippen MR) is 76.6 cm³/mol. The van der Waals surface area contributed by atoms with Gasteiger partial charge in [-0.2, -0.15) is 0 Å². The zero-order valence-electron chi connectivity index (χ0n) is 13.3. The van der Waals surface area contributed by atoms with Crippen LogP contribution in [0.3, 0.4) is 0 Å². The quantitative estimate of drug-likeness (QED) is 0.281. The molecule has 116 valence electrons. The van der Waals surface area contributed by atoms with E-state index in [2.05, 4.69) is 13.2 Å². The van der Waals surface area contributed by atoms with E-state index in [9.17, 15) is 4.79 Å². The molecule has 0 aliphatic rings. The van der Waals surface area contributed by atoms with Crippen molar-refractivity contribution in [1.29, 1.82) is 0 Å². The molecule has 0 aromatic carbocycles. The highest BCUT2D eigenvalue weighted by Gasteiger charge is 2.33. The molecule has 0 heterocycles. The molecule has 0 aliphatic heterocycles. The fourth-order valence-corrected chi connectivity index (χ4v) is 1.57. The maximum absolute atomic E-state index is 11.5. The van der Waals surface area contributed by atoms with Crippen molar-refractivity contribution in [3.8, 4) is 0 Å². The van der Waals surface area contributed by atoms with Crippen LogP contribution < -0.4 is 0 Å². The van der Waals surface area contributed by atoms with E-state index in [1.807, 2.05) is 6.92 Å². The molecule has 0 aromatic heterocycles. The molecule has 20 heavy (non-hydrogen) atoms. The highest BCUT2D eigenvalue weighted by atomic mass is 16.8. The molecule has 1 unspecified atom stereocenters. The number of carbonyl (C=O) groups is 1. The van der Waals surface area contributed by atoms with Crippen LogP contribution in [0.1, 0.15) is 48.0 Å². The van der Waals surface area contributed by atoms with Crippen molar-refractivity contribution in [1.82, 2.24) is 0 Å². The number of ether oxygens (including phenoxy) is 4. The van der Waals surface area contributed by atoms with Gasteiger partial charge in [-0.05, 0) is 20.8 Å². The Labute approximate surface area is 121 Å². The van der Waals surface area contributed by atoms with Gasteiger partial charge in [-0.25, -0.2) is 4.79 Å². The van der Waals surface area contributed by atoms with Gasteiger partial charge in [0.2, 0.25) is 12.1 Å². The van der Waals surface area contributed by atoms with Crippen LogP contribution in [0.2, 0.25) is 0 Å². The molecule has 5 nitrogen and oxygen atoms in total. The van der Waals surface area contributed by atoms with Crippen molar-refractivity contribution in [2.24, 2.45) is 0 Å². The SMILES string of the molecule is C=COC(C)(C)OC(C)(C)OC(CC)OC(=O)C(=C)C. The molecule has 0 aliphatic carbocycles. The molecule has 0 saturated heterocycles. The van der Waals surface area contributed by atoms with Crippen molar-refractivity contribution >= 4 is 5.97 Å². The third-order valence-electron chi connectivity index (χ3n) is 2.19. The average Bonchev–Trinajstić information content (AvgIpc) is 2.25. The second-order valence-corrected chi connectivity index (χ2v) is 5.33. The fourth-order valence-electron chi connectivity index (χ4n) is 1.57. The zero-order chi connectivity index (χ0) is 16.0. The first kappa shape index (κ1) is 18.7. The predicted octanol–water partition coefficient (Wildman–Crippen LogP) is 3.51. The Hall–Kier alpha value is -1.33. The van der Waals surface area contributed by atoms with Crippen LogP contribution in [0.25, 0.3) is 0 Å². The van der Waals surface area contributed by atoms with E-state index in [0.29, 0.717) is 12.0 Å². The van der Waals surface area contributed by atoms with E-state index in [1.54, 1.807) is 34.6 Å². The normalized spacial score (nSPS) is 13.5. The van der Waals surface area contributed by atoms with Gasteiger partial charge in [0.1, 0.15) is 0 Å². The fraction of sp³-hybridized carbons (Fsp3) is 0.667. The monoisotopic (exact) mass is 286 g/mol. The van der Waals surface area contributed by atoms with Crippen LogP contribution in [-0.2, 0) is 23.7 Å². The number of hydrogen-bond donors (Lipinski definition) is 0. The van der Waals surface area contributed by atoms with Gasteiger partial charge in [0.25, 0.3) is 0 Å². The standard InChI is InChI=1S/C15H26O5/c1-9-12(18-13(16)11(3)4)19-15(7,8)20-14(5,6)17-10-2/h10,12H,2-3,9H2,1,4-8H3. The summed E-state index contributed by atoms with van der Waals surface area (Å²) in [6, 6.07) is 0. The molecule has 0 bridgehead atoms. The van der Waals surface area contributed by atoms with E-state index >= 15 is 0 Å². The summed E-state index contributed by atoms with van der Waals surface area (Å²) in [5.41, 5.74) is 0.320. The molecular formula is C15H26O5. The van der Waals surface area contributed by atoms with Crippen molar-refractivity contribution in [3.63, 3.8) is 0 Å².